The summed E-state index contributed by atoms with van der Waals surface area (Å²) >= 11 is 1.55. The van der Waals surface area contributed by atoms with Gasteiger partial charge in [0, 0.05) is 4.88 Å². The molecule has 0 unspecified atom stereocenters. The molecule has 0 aliphatic rings. The molecule has 2 rings (SSSR count). The molecule has 0 radical (unpaired) electrons. The highest BCUT2D eigenvalue weighted by Gasteiger charge is 2.19. The van der Waals surface area contributed by atoms with Crippen LogP contribution in [0.25, 0.3) is 0 Å². The minimum Gasteiger partial charge on any atom is -0.496 e. The maximum absolute atomic E-state index is 12.5. The first-order chi connectivity index (χ1) is 9.56. The van der Waals surface area contributed by atoms with Gasteiger partial charge in [0.1, 0.15) is 22.1 Å². The largest absolute Gasteiger partial charge is 0.496 e. The molecule has 0 spiro atoms. The van der Waals surface area contributed by atoms with E-state index >= 15 is 0 Å². The average Bonchev–Trinajstić information content (AvgIpc) is 2.75. The van der Waals surface area contributed by atoms with Crippen molar-refractivity contribution in [3.05, 3.63) is 39.3 Å². The highest BCUT2D eigenvalue weighted by molar-refractivity contribution is 7.11. The number of nitrogens with zero attached hydrogens (tertiary/aromatic N) is 1. The predicted octanol–water partition coefficient (Wildman–Crippen LogP) is 3.20. The Morgan fingerprint density at radius 2 is 1.80 bits per heavy atom. The van der Waals surface area contributed by atoms with Crippen LogP contribution in [0.15, 0.2) is 18.2 Å². The lowest BCUT2D eigenvalue weighted by atomic mass is 10.1. The van der Waals surface area contributed by atoms with Crippen LogP contribution < -0.4 is 9.47 Å². The van der Waals surface area contributed by atoms with Gasteiger partial charge in [0.15, 0.2) is 5.78 Å². The highest BCUT2D eigenvalue weighted by atomic mass is 32.1. The van der Waals surface area contributed by atoms with E-state index in [2.05, 4.69) is 4.98 Å². The number of rotatable bonds is 5. The molecule has 0 bridgehead atoms. The van der Waals surface area contributed by atoms with Crippen LogP contribution >= 0.6 is 11.3 Å². The molecular formula is C15H17NO3S. The van der Waals surface area contributed by atoms with Crippen molar-refractivity contribution in [1.29, 1.82) is 0 Å². The molecular weight excluding hydrogens is 274 g/mol. The second kappa shape index (κ2) is 6.05. The zero-order valence-corrected chi connectivity index (χ0v) is 12.8. The Hall–Kier alpha value is -1.88. The Labute approximate surface area is 122 Å². The molecule has 1 aromatic heterocycles. The van der Waals surface area contributed by atoms with Crippen molar-refractivity contribution in [2.75, 3.05) is 14.2 Å². The van der Waals surface area contributed by atoms with Crippen molar-refractivity contribution in [3.8, 4) is 11.5 Å². The van der Waals surface area contributed by atoms with Crippen molar-refractivity contribution >= 4 is 17.1 Å². The summed E-state index contributed by atoms with van der Waals surface area (Å²) in [6.45, 7) is 3.95. The molecule has 1 aromatic carbocycles. The summed E-state index contributed by atoms with van der Waals surface area (Å²) in [7, 11) is 3.09. The number of hydrogen-bond donors (Lipinski definition) is 0. The highest BCUT2D eigenvalue weighted by Crippen LogP contribution is 2.30. The van der Waals surface area contributed by atoms with Crippen LogP contribution in [0.2, 0.25) is 0 Å². The molecule has 0 N–H and O–H groups in total. The number of carbonyl (C=O) groups excluding carboxylic acids is 1. The number of hydrogen-bond acceptors (Lipinski definition) is 5. The van der Waals surface area contributed by atoms with Crippen LogP contribution in [0.5, 0.6) is 11.5 Å². The smallest absolute Gasteiger partial charge is 0.177 e. The summed E-state index contributed by atoms with van der Waals surface area (Å²) in [6, 6.07) is 5.31. The quantitative estimate of drug-likeness (QED) is 0.794. The number of ketones is 1. The van der Waals surface area contributed by atoms with E-state index in [0.29, 0.717) is 17.1 Å². The zero-order valence-electron chi connectivity index (χ0n) is 12.0. The van der Waals surface area contributed by atoms with Crippen molar-refractivity contribution in [2.24, 2.45) is 0 Å². The first-order valence-corrected chi connectivity index (χ1v) is 7.05. The lowest BCUT2D eigenvalue weighted by Gasteiger charge is -2.11. The van der Waals surface area contributed by atoms with Gasteiger partial charge in [0.2, 0.25) is 0 Å². The van der Waals surface area contributed by atoms with Gasteiger partial charge in [-0.25, -0.2) is 4.98 Å². The molecule has 20 heavy (non-hydrogen) atoms. The number of Topliss-reactive ketones (excluding diaryl/α,β-unsaturated/α-hetero) is 1. The first kappa shape index (κ1) is 14.5. The maximum atomic E-state index is 12.5. The average molecular weight is 291 g/mol. The summed E-state index contributed by atoms with van der Waals surface area (Å²) in [4.78, 5) is 18.0. The van der Waals surface area contributed by atoms with E-state index in [4.69, 9.17) is 9.47 Å². The minimum absolute atomic E-state index is 0.0481. The number of carbonyl (C=O) groups is 1. The second-order valence-electron chi connectivity index (χ2n) is 4.39. The fraction of sp³-hybridized carbons (Fsp3) is 0.333. The maximum Gasteiger partial charge on any atom is 0.177 e. The summed E-state index contributed by atoms with van der Waals surface area (Å²) in [5.41, 5.74) is 1.45. The second-order valence-corrected chi connectivity index (χ2v) is 5.67. The SMILES string of the molecule is COc1cccc(OC)c1C(=O)Cc1nc(C)c(C)s1. The van der Waals surface area contributed by atoms with E-state index in [1.165, 1.54) is 0 Å². The van der Waals surface area contributed by atoms with E-state index in [-0.39, 0.29) is 12.2 Å². The van der Waals surface area contributed by atoms with Crippen LogP contribution in [0, 0.1) is 13.8 Å². The Morgan fingerprint density at radius 3 is 2.25 bits per heavy atom. The van der Waals surface area contributed by atoms with Gasteiger partial charge < -0.3 is 9.47 Å². The van der Waals surface area contributed by atoms with Crippen LogP contribution in [0.1, 0.15) is 25.9 Å². The topological polar surface area (TPSA) is 48.4 Å². The minimum atomic E-state index is -0.0481. The van der Waals surface area contributed by atoms with Gasteiger partial charge >= 0.3 is 0 Å². The molecule has 0 amide bonds. The van der Waals surface area contributed by atoms with Crippen LogP contribution in [0.4, 0.5) is 0 Å². The van der Waals surface area contributed by atoms with E-state index in [0.717, 1.165) is 15.6 Å². The molecule has 0 saturated carbocycles. The number of aryl methyl sites for hydroxylation is 2. The fourth-order valence-electron chi connectivity index (χ4n) is 1.97. The Kier molecular flexibility index (Phi) is 4.39. The van der Waals surface area contributed by atoms with Crippen LogP contribution in [-0.2, 0) is 6.42 Å². The summed E-state index contributed by atoms with van der Waals surface area (Å²) in [5.74, 6) is 1.01. The van der Waals surface area contributed by atoms with E-state index in [1.807, 2.05) is 13.8 Å². The fourth-order valence-corrected chi connectivity index (χ4v) is 2.90. The molecule has 0 saturated heterocycles. The zero-order chi connectivity index (χ0) is 14.7. The normalized spacial score (nSPS) is 10.4. The summed E-state index contributed by atoms with van der Waals surface area (Å²) in [6.07, 6.45) is 0.260. The third-order valence-corrected chi connectivity index (χ3v) is 4.16. The Bertz CT molecular complexity index is 592. The van der Waals surface area contributed by atoms with Crippen LogP contribution in [0.3, 0.4) is 0 Å². The van der Waals surface area contributed by atoms with E-state index in [9.17, 15) is 4.79 Å². The lowest BCUT2D eigenvalue weighted by Crippen LogP contribution is -2.08. The molecule has 0 aliphatic carbocycles. The third-order valence-electron chi connectivity index (χ3n) is 3.09. The van der Waals surface area contributed by atoms with Gasteiger partial charge in [0.05, 0.1) is 26.3 Å². The molecule has 0 atom stereocenters. The van der Waals surface area contributed by atoms with E-state index in [1.54, 1.807) is 43.8 Å². The predicted molar refractivity (Wildman–Crippen MR) is 79.2 cm³/mol. The summed E-state index contributed by atoms with van der Waals surface area (Å²) in [5, 5.41) is 0.818. The molecule has 5 heteroatoms. The number of thiazole rings is 1. The Balaban J connectivity index is 2.33. The number of aromatic nitrogens is 1. The number of ether oxygens (including phenoxy) is 2. The molecule has 2 aromatic rings. The molecule has 4 nitrogen and oxygen atoms in total. The van der Waals surface area contributed by atoms with Gasteiger partial charge in [-0.15, -0.1) is 11.3 Å². The molecule has 106 valence electrons. The van der Waals surface area contributed by atoms with Gasteiger partial charge in [0.25, 0.3) is 0 Å². The van der Waals surface area contributed by atoms with Crippen molar-refractivity contribution < 1.29 is 14.3 Å². The first-order valence-electron chi connectivity index (χ1n) is 6.24. The number of methoxy groups -OCH3 is 2. The van der Waals surface area contributed by atoms with Crippen LogP contribution in [-0.4, -0.2) is 25.0 Å². The van der Waals surface area contributed by atoms with Gasteiger partial charge in [-0.2, -0.15) is 0 Å². The molecule has 0 fully saturated rings. The number of benzene rings is 1. The van der Waals surface area contributed by atoms with Crippen molar-refractivity contribution in [2.45, 2.75) is 20.3 Å². The van der Waals surface area contributed by atoms with Crippen molar-refractivity contribution in [3.63, 3.8) is 0 Å². The molecule has 1 heterocycles. The summed E-state index contributed by atoms with van der Waals surface area (Å²) < 4.78 is 10.5. The monoisotopic (exact) mass is 291 g/mol. The van der Waals surface area contributed by atoms with Gasteiger partial charge in [-0.3, -0.25) is 4.79 Å². The lowest BCUT2D eigenvalue weighted by molar-refractivity contribution is 0.0987. The van der Waals surface area contributed by atoms with E-state index < -0.39 is 0 Å². The third kappa shape index (κ3) is 2.82. The molecule has 0 aliphatic heterocycles. The Morgan fingerprint density at radius 1 is 1.20 bits per heavy atom. The van der Waals surface area contributed by atoms with Gasteiger partial charge in [-0.1, -0.05) is 6.07 Å². The van der Waals surface area contributed by atoms with Gasteiger partial charge in [-0.05, 0) is 26.0 Å². The standard InChI is InChI=1S/C15H17NO3S/c1-9-10(2)20-14(16-9)8-11(17)15-12(18-3)6-5-7-13(15)19-4/h5-7H,8H2,1-4H3. The van der Waals surface area contributed by atoms with Crippen molar-refractivity contribution in [1.82, 2.24) is 4.98 Å².